The maximum absolute atomic E-state index is 11.3. The first kappa shape index (κ1) is 36.0. The summed E-state index contributed by atoms with van der Waals surface area (Å²) in [6.07, 6.45) is 4.77. The minimum atomic E-state index is -1.26. The van der Waals surface area contributed by atoms with Crippen LogP contribution in [0.25, 0.3) is 10.9 Å². The normalized spacial score (nSPS) is 15.7. The number of methoxy groups -OCH3 is 1. The SMILES string of the molecule is CN1CCCC1CCOC(C)(c1ccccc1)c1ccc(Cl)cc1.COc1cccc2c(C)cc(=O)[nH]c12.O=C(O)C=CC(=O)O. The second-order valence-corrected chi connectivity index (χ2v) is 11.5. The van der Waals surface area contributed by atoms with Crippen molar-refractivity contribution in [1.29, 1.82) is 0 Å². The number of pyridine rings is 1. The van der Waals surface area contributed by atoms with E-state index < -0.39 is 17.5 Å². The Labute approximate surface area is 274 Å². The number of ether oxygens (including phenoxy) is 2. The minimum Gasteiger partial charge on any atom is -0.495 e. The zero-order valence-electron chi connectivity index (χ0n) is 26.5. The summed E-state index contributed by atoms with van der Waals surface area (Å²) in [7, 11) is 3.81. The Morgan fingerprint density at radius 2 is 1.63 bits per heavy atom. The van der Waals surface area contributed by atoms with Crippen molar-refractivity contribution in [1.82, 2.24) is 9.88 Å². The monoisotopic (exact) mass is 648 g/mol. The maximum atomic E-state index is 11.3. The van der Waals surface area contributed by atoms with Crippen molar-refractivity contribution in [2.75, 3.05) is 27.3 Å². The van der Waals surface area contributed by atoms with E-state index in [2.05, 4.69) is 60.3 Å². The second-order valence-electron chi connectivity index (χ2n) is 11.0. The molecule has 1 saturated heterocycles. The number of nitrogens with zero attached hydrogens (tertiary/aromatic N) is 1. The quantitative estimate of drug-likeness (QED) is 0.172. The molecule has 2 unspecified atom stereocenters. The highest BCUT2D eigenvalue weighted by Crippen LogP contribution is 2.34. The molecule has 5 rings (SSSR count). The molecule has 0 radical (unpaired) electrons. The molecule has 3 N–H and O–H groups in total. The van der Waals surface area contributed by atoms with Gasteiger partial charge in [-0.3, -0.25) is 4.79 Å². The number of aryl methyl sites for hydroxylation is 1. The van der Waals surface area contributed by atoms with Crippen LogP contribution in [-0.2, 0) is 19.9 Å². The topological polar surface area (TPSA) is 129 Å². The van der Waals surface area contributed by atoms with Gasteiger partial charge in [-0.1, -0.05) is 66.2 Å². The van der Waals surface area contributed by atoms with Gasteiger partial charge in [0.1, 0.15) is 11.4 Å². The second kappa shape index (κ2) is 17.3. The molecule has 2 atom stereocenters. The molecule has 1 fully saturated rings. The zero-order valence-corrected chi connectivity index (χ0v) is 27.3. The van der Waals surface area contributed by atoms with Crippen LogP contribution in [0, 0.1) is 6.92 Å². The number of aromatic nitrogens is 1. The molecule has 0 saturated carbocycles. The number of rotatable bonds is 9. The molecule has 9 nitrogen and oxygen atoms in total. The number of likely N-dealkylation sites (tertiary alicyclic amines) is 1. The summed E-state index contributed by atoms with van der Waals surface area (Å²) in [5.74, 6) is -1.82. The third kappa shape index (κ3) is 10.3. The van der Waals surface area contributed by atoms with Crippen LogP contribution in [0.1, 0.15) is 42.9 Å². The number of nitrogens with one attached hydrogen (secondary N) is 1. The van der Waals surface area contributed by atoms with E-state index in [0.717, 1.165) is 40.1 Å². The molecule has 1 aliphatic rings. The number of hydrogen-bond donors (Lipinski definition) is 3. The standard InChI is InChI=1S/C21H26ClNO.C11H11NO2.C4H4O4/c1-21(17-7-4-3-5-8-17,18-10-12-19(22)13-11-18)24-16-14-20-9-6-15-23(20)2;1-7-6-10(13)12-11-8(7)4-3-5-9(11)14-2;5-3(6)1-2-4(7)8/h3-5,7-8,10-13,20H,6,9,14-16H2,1-2H3;3-6H,1-2H3,(H,12,13);1-2H,(H,5,6)(H,7,8). The third-order valence-corrected chi connectivity index (χ3v) is 8.12. The zero-order chi connectivity index (χ0) is 33.7. The summed E-state index contributed by atoms with van der Waals surface area (Å²) < 4.78 is 11.6. The van der Waals surface area contributed by atoms with Gasteiger partial charge in [0.25, 0.3) is 0 Å². The van der Waals surface area contributed by atoms with E-state index in [1.807, 2.05) is 43.3 Å². The molecule has 1 aromatic heterocycles. The summed E-state index contributed by atoms with van der Waals surface area (Å²) in [6.45, 7) is 6.03. The molecular weight excluding hydrogens is 608 g/mol. The Balaban J connectivity index is 0.000000220. The van der Waals surface area contributed by atoms with Crippen molar-refractivity contribution in [3.05, 3.63) is 123 Å². The minimum absolute atomic E-state index is 0.0977. The van der Waals surface area contributed by atoms with Gasteiger partial charge in [0.15, 0.2) is 0 Å². The first-order valence-corrected chi connectivity index (χ1v) is 15.3. The van der Waals surface area contributed by atoms with Crippen LogP contribution in [0.5, 0.6) is 5.75 Å². The predicted molar refractivity (Wildman–Crippen MR) is 181 cm³/mol. The van der Waals surface area contributed by atoms with Crippen LogP contribution >= 0.6 is 11.6 Å². The van der Waals surface area contributed by atoms with E-state index in [1.165, 1.54) is 24.9 Å². The lowest BCUT2D eigenvalue weighted by Gasteiger charge is -2.32. The number of fused-ring (bicyclic) bond motifs is 1. The van der Waals surface area contributed by atoms with E-state index in [0.29, 0.717) is 23.9 Å². The molecule has 10 heteroatoms. The number of aliphatic carboxylic acids is 2. The van der Waals surface area contributed by atoms with Gasteiger partial charge in [-0.15, -0.1) is 0 Å². The first-order valence-electron chi connectivity index (χ1n) is 14.9. The first-order chi connectivity index (χ1) is 21.9. The van der Waals surface area contributed by atoms with Gasteiger partial charge >= 0.3 is 11.9 Å². The van der Waals surface area contributed by atoms with Crippen LogP contribution in [0.2, 0.25) is 5.02 Å². The number of benzene rings is 3. The summed E-state index contributed by atoms with van der Waals surface area (Å²) >= 11 is 6.07. The molecule has 0 bridgehead atoms. The molecule has 0 amide bonds. The Morgan fingerprint density at radius 3 is 2.20 bits per heavy atom. The van der Waals surface area contributed by atoms with E-state index in [1.54, 1.807) is 13.2 Å². The van der Waals surface area contributed by atoms with Crippen molar-refractivity contribution in [3.63, 3.8) is 0 Å². The Bertz CT molecular complexity index is 1660. The van der Waals surface area contributed by atoms with E-state index >= 15 is 0 Å². The highest BCUT2D eigenvalue weighted by atomic mass is 35.5. The van der Waals surface area contributed by atoms with Crippen molar-refractivity contribution in [3.8, 4) is 5.75 Å². The Kier molecular flexibility index (Phi) is 13.6. The number of para-hydroxylation sites is 1. The number of carboxylic acid groups (broad SMARTS) is 2. The predicted octanol–water partition coefficient (Wildman–Crippen LogP) is 6.66. The van der Waals surface area contributed by atoms with Crippen molar-refractivity contribution in [2.24, 2.45) is 0 Å². The van der Waals surface area contributed by atoms with Crippen molar-refractivity contribution < 1.29 is 29.3 Å². The van der Waals surface area contributed by atoms with Gasteiger partial charge in [0.2, 0.25) is 5.56 Å². The molecule has 0 aliphatic carbocycles. The van der Waals surface area contributed by atoms with Gasteiger partial charge in [0, 0.05) is 41.3 Å². The van der Waals surface area contributed by atoms with Crippen molar-refractivity contribution >= 4 is 34.4 Å². The lowest BCUT2D eigenvalue weighted by atomic mass is 9.88. The number of carboxylic acids is 2. The number of H-pyrrole nitrogens is 1. The Hall–Kier alpha value is -4.44. The number of aromatic amines is 1. The molecule has 244 valence electrons. The van der Waals surface area contributed by atoms with Crippen molar-refractivity contribution in [2.45, 2.75) is 44.8 Å². The van der Waals surface area contributed by atoms with Gasteiger partial charge in [-0.25, -0.2) is 9.59 Å². The fraction of sp³-hybridized carbons (Fsp3) is 0.306. The van der Waals surface area contributed by atoms with Gasteiger partial charge in [-0.2, -0.15) is 0 Å². The highest BCUT2D eigenvalue weighted by Gasteiger charge is 2.30. The van der Waals surface area contributed by atoms with E-state index in [9.17, 15) is 14.4 Å². The fourth-order valence-electron chi connectivity index (χ4n) is 5.34. The van der Waals surface area contributed by atoms with Gasteiger partial charge in [0.05, 0.1) is 12.6 Å². The largest absolute Gasteiger partial charge is 0.495 e. The molecule has 46 heavy (non-hydrogen) atoms. The molecule has 4 aromatic rings. The van der Waals surface area contributed by atoms with E-state index in [4.69, 9.17) is 31.3 Å². The number of halogens is 1. The smallest absolute Gasteiger partial charge is 0.328 e. The lowest BCUT2D eigenvalue weighted by Crippen LogP contribution is -2.31. The van der Waals surface area contributed by atoms with Crippen LogP contribution in [0.15, 0.2) is 95.8 Å². The van der Waals surface area contributed by atoms with Crippen LogP contribution in [0.3, 0.4) is 0 Å². The third-order valence-electron chi connectivity index (χ3n) is 7.87. The summed E-state index contributed by atoms with van der Waals surface area (Å²) in [6, 6.07) is 26.4. The Morgan fingerprint density at radius 1 is 1.00 bits per heavy atom. The average Bonchev–Trinajstić information content (AvgIpc) is 3.45. The van der Waals surface area contributed by atoms with Crippen LogP contribution in [-0.4, -0.2) is 65.4 Å². The molecule has 3 aromatic carbocycles. The lowest BCUT2D eigenvalue weighted by molar-refractivity contribution is -0.134. The molecule has 1 aliphatic heterocycles. The van der Waals surface area contributed by atoms with Gasteiger partial charge in [-0.05, 0) is 81.6 Å². The molecule has 0 spiro atoms. The molecular formula is C36H41ClN2O7. The van der Waals surface area contributed by atoms with Gasteiger partial charge < -0.3 is 29.6 Å². The number of carbonyl (C=O) groups is 2. The highest BCUT2D eigenvalue weighted by molar-refractivity contribution is 6.30. The summed E-state index contributed by atoms with van der Waals surface area (Å²) in [5.41, 5.74) is 3.48. The van der Waals surface area contributed by atoms with Crippen LogP contribution in [0.4, 0.5) is 0 Å². The van der Waals surface area contributed by atoms with Crippen LogP contribution < -0.4 is 10.3 Å². The molecule has 2 heterocycles. The average molecular weight is 649 g/mol. The summed E-state index contributed by atoms with van der Waals surface area (Å²) in [5, 5.41) is 17.4. The maximum Gasteiger partial charge on any atom is 0.328 e. The number of hydrogen-bond acceptors (Lipinski definition) is 6. The van der Waals surface area contributed by atoms with E-state index in [-0.39, 0.29) is 5.56 Å². The fourth-order valence-corrected chi connectivity index (χ4v) is 5.46. The summed E-state index contributed by atoms with van der Waals surface area (Å²) in [4.78, 5) is 35.6.